The van der Waals surface area contributed by atoms with E-state index in [0.29, 0.717) is 18.7 Å². The maximum atomic E-state index is 12.9. The van der Waals surface area contributed by atoms with E-state index in [1.807, 2.05) is 0 Å². The fourth-order valence-electron chi connectivity index (χ4n) is 1.94. The molecule has 1 unspecified atom stereocenters. The largest absolute Gasteiger partial charge is 0.350 e. The van der Waals surface area contributed by atoms with Crippen LogP contribution < -0.4 is 10.6 Å². The van der Waals surface area contributed by atoms with Crippen molar-refractivity contribution in [2.24, 2.45) is 0 Å². The number of hydrogen-bond acceptors (Lipinski definition) is 2. The van der Waals surface area contributed by atoms with Gasteiger partial charge in [0.15, 0.2) is 17.5 Å². The van der Waals surface area contributed by atoms with Crippen LogP contribution in [0.15, 0.2) is 12.1 Å². The summed E-state index contributed by atoms with van der Waals surface area (Å²) in [6, 6.07) is 1.56. The fraction of sp³-hybridized carbons (Fsp3) is 0.417. The molecule has 1 aliphatic rings. The molecule has 1 amide bonds. The normalized spacial score (nSPS) is 17.9. The van der Waals surface area contributed by atoms with Gasteiger partial charge in [-0.2, -0.15) is 0 Å². The van der Waals surface area contributed by atoms with Crippen molar-refractivity contribution in [3.63, 3.8) is 0 Å². The van der Waals surface area contributed by atoms with E-state index in [-0.39, 0.29) is 24.0 Å². The first-order valence-electron chi connectivity index (χ1n) is 5.74. The number of halogens is 4. The van der Waals surface area contributed by atoms with Crippen molar-refractivity contribution in [2.45, 2.75) is 18.9 Å². The van der Waals surface area contributed by atoms with Gasteiger partial charge in [0.25, 0.3) is 5.91 Å². The van der Waals surface area contributed by atoms with Gasteiger partial charge in [-0.25, -0.2) is 13.2 Å². The van der Waals surface area contributed by atoms with Crippen LogP contribution in [0, 0.1) is 17.5 Å². The third-order valence-corrected chi connectivity index (χ3v) is 2.92. The Balaban J connectivity index is 0.00000180. The second-order valence-electron chi connectivity index (χ2n) is 4.26. The first-order chi connectivity index (χ1) is 8.58. The lowest BCUT2D eigenvalue weighted by Crippen LogP contribution is -2.37. The van der Waals surface area contributed by atoms with Crippen molar-refractivity contribution in [2.75, 3.05) is 13.1 Å². The standard InChI is InChI=1S/C12H13F3N2O.ClH/c13-9-4-7(5-10(14)11(9)15)12(18)17-6-8-2-1-3-16-8;/h4-5,8,16H,1-3,6H2,(H,17,18);1H. The van der Waals surface area contributed by atoms with Crippen molar-refractivity contribution < 1.29 is 18.0 Å². The first-order valence-corrected chi connectivity index (χ1v) is 5.74. The van der Waals surface area contributed by atoms with Gasteiger partial charge in [-0.1, -0.05) is 0 Å². The van der Waals surface area contributed by atoms with E-state index in [2.05, 4.69) is 10.6 Å². The minimum Gasteiger partial charge on any atom is -0.350 e. The molecule has 0 aromatic heterocycles. The average Bonchev–Trinajstić information content (AvgIpc) is 2.85. The highest BCUT2D eigenvalue weighted by Gasteiger charge is 2.17. The number of amides is 1. The molecule has 2 N–H and O–H groups in total. The molecular formula is C12H14ClF3N2O. The van der Waals surface area contributed by atoms with E-state index in [1.54, 1.807) is 0 Å². The van der Waals surface area contributed by atoms with Crippen molar-refractivity contribution in [3.8, 4) is 0 Å². The summed E-state index contributed by atoms with van der Waals surface area (Å²) in [4.78, 5) is 11.6. The monoisotopic (exact) mass is 294 g/mol. The molecule has 0 aliphatic carbocycles. The van der Waals surface area contributed by atoms with Gasteiger partial charge in [0.2, 0.25) is 0 Å². The minimum absolute atomic E-state index is 0. The molecule has 1 heterocycles. The van der Waals surface area contributed by atoms with E-state index in [4.69, 9.17) is 0 Å². The van der Waals surface area contributed by atoms with E-state index >= 15 is 0 Å². The number of carbonyl (C=O) groups is 1. The molecule has 106 valence electrons. The van der Waals surface area contributed by atoms with Gasteiger partial charge >= 0.3 is 0 Å². The predicted octanol–water partition coefficient (Wildman–Crippen LogP) is 2.01. The fourth-order valence-corrected chi connectivity index (χ4v) is 1.94. The molecular weight excluding hydrogens is 281 g/mol. The molecule has 0 spiro atoms. The van der Waals surface area contributed by atoms with Crippen molar-refractivity contribution in [3.05, 3.63) is 35.1 Å². The Hall–Kier alpha value is -1.27. The Morgan fingerprint density at radius 3 is 2.47 bits per heavy atom. The SMILES string of the molecule is Cl.O=C(NCC1CCCN1)c1cc(F)c(F)c(F)c1. The summed E-state index contributed by atoms with van der Waals surface area (Å²) in [5, 5.41) is 5.73. The van der Waals surface area contributed by atoms with Crippen LogP contribution >= 0.6 is 12.4 Å². The Kier molecular flexibility index (Phi) is 5.62. The lowest BCUT2D eigenvalue weighted by molar-refractivity contribution is 0.0949. The topological polar surface area (TPSA) is 41.1 Å². The van der Waals surface area contributed by atoms with Gasteiger partial charge in [0, 0.05) is 18.2 Å². The highest BCUT2D eigenvalue weighted by molar-refractivity contribution is 5.94. The minimum atomic E-state index is -1.57. The predicted molar refractivity (Wildman–Crippen MR) is 66.9 cm³/mol. The molecule has 1 saturated heterocycles. The first kappa shape index (κ1) is 15.8. The molecule has 0 bridgehead atoms. The van der Waals surface area contributed by atoms with E-state index in [9.17, 15) is 18.0 Å². The van der Waals surface area contributed by atoms with Crippen LogP contribution in [0.25, 0.3) is 0 Å². The molecule has 7 heteroatoms. The summed E-state index contributed by atoms with van der Waals surface area (Å²) < 4.78 is 38.6. The Bertz CT molecular complexity index is 441. The zero-order valence-electron chi connectivity index (χ0n) is 10.0. The van der Waals surface area contributed by atoms with Gasteiger partial charge in [-0.15, -0.1) is 12.4 Å². The molecule has 1 fully saturated rings. The Labute approximate surface area is 115 Å². The van der Waals surface area contributed by atoms with Gasteiger partial charge in [-0.3, -0.25) is 4.79 Å². The van der Waals surface area contributed by atoms with Crippen LogP contribution in [0.1, 0.15) is 23.2 Å². The van der Waals surface area contributed by atoms with Crippen LogP contribution in [-0.2, 0) is 0 Å². The van der Waals surface area contributed by atoms with Crippen molar-refractivity contribution >= 4 is 18.3 Å². The molecule has 3 nitrogen and oxygen atoms in total. The molecule has 2 rings (SSSR count). The molecule has 1 aromatic rings. The highest BCUT2D eigenvalue weighted by Crippen LogP contribution is 2.13. The number of benzene rings is 1. The van der Waals surface area contributed by atoms with Crippen LogP contribution in [0.5, 0.6) is 0 Å². The van der Waals surface area contributed by atoms with Crippen LogP contribution in [0.2, 0.25) is 0 Å². The zero-order valence-corrected chi connectivity index (χ0v) is 10.8. The Morgan fingerprint density at radius 2 is 1.95 bits per heavy atom. The van der Waals surface area contributed by atoms with Crippen LogP contribution in [0.4, 0.5) is 13.2 Å². The Morgan fingerprint density at radius 1 is 1.32 bits per heavy atom. The number of rotatable bonds is 3. The summed E-state index contributed by atoms with van der Waals surface area (Å²) in [7, 11) is 0. The van der Waals surface area contributed by atoms with Crippen molar-refractivity contribution in [1.82, 2.24) is 10.6 Å². The van der Waals surface area contributed by atoms with E-state index < -0.39 is 23.4 Å². The highest BCUT2D eigenvalue weighted by atomic mass is 35.5. The van der Waals surface area contributed by atoms with Gasteiger partial charge in [0.1, 0.15) is 0 Å². The number of hydrogen-bond donors (Lipinski definition) is 2. The smallest absolute Gasteiger partial charge is 0.251 e. The van der Waals surface area contributed by atoms with E-state index in [1.165, 1.54) is 0 Å². The van der Waals surface area contributed by atoms with Gasteiger partial charge in [0.05, 0.1) is 0 Å². The molecule has 1 aromatic carbocycles. The maximum absolute atomic E-state index is 12.9. The molecule has 1 aliphatic heterocycles. The third-order valence-electron chi connectivity index (χ3n) is 2.92. The quantitative estimate of drug-likeness (QED) is 0.837. The molecule has 19 heavy (non-hydrogen) atoms. The lowest BCUT2D eigenvalue weighted by Gasteiger charge is -2.11. The zero-order chi connectivity index (χ0) is 13.1. The van der Waals surface area contributed by atoms with Gasteiger partial charge < -0.3 is 10.6 Å². The third kappa shape index (κ3) is 3.84. The van der Waals surface area contributed by atoms with Crippen molar-refractivity contribution in [1.29, 1.82) is 0 Å². The van der Waals surface area contributed by atoms with Gasteiger partial charge in [-0.05, 0) is 31.5 Å². The summed E-state index contributed by atoms with van der Waals surface area (Å²) in [5.74, 6) is -4.90. The summed E-state index contributed by atoms with van der Waals surface area (Å²) in [6.07, 6.45) is 1.99. The van der Waals surface area contributed by atoms with E-state index in [0.717, 1.165) is 19.4 Å². The second kappa shape index (κ2) is 6.77. The molecule has 1 atom stereocenters. The second-order valence-corrected chi connectivity index (χ2v) is 4.26. The number of nitrogens with one attached hydrogen (secondary N) is 2. The molecule has 0 radical (unpaired) electrons. The average molecular weight is 295 g/mol. The summed E-state index contributed by atoms with van der Waals surface area (Å²) >= 11 is 0. The summed E-state index contributed by atoms with van der Waals surface area (Å²) in [6.45, 7) is 1.29. The lowest BCUT2D eigenvalue weighted by atomic mass is 10.1. The number of carbonyl (C=O) groups excluding carboxylic acids is 1. The molecule has 0 saturated carbocycles. The van der Waals surface area contributed by atoms with Crippen LogP contribution in [-0.4, -0.2) is 25.0 Å². The van der Waals surface area contributed by atoms with Crippen LogP contribution in [0.3, 0.4) is 0 Å². The maximum Gasteiger partial charge on any atom is 0.251 e. The summed E-state index contributed by atoms with van der Waals surface area (Å²) in [5.41, 5.74) is -0.218.